The van der Waals surface area contributed by atoms with E-state index in [-0.39, 0.29) is 24.4 Å². The fourth-order valence-corrected chi connectivity index (χ4v) is 2.71. The van der Waals surface area contributed by atoms with Gasteiger partial charge in [-0.25, -0.2) is 14.4 Å². The Kier molecular flexibility index (Phi) is 7.94. The number of nitrogens with zero attached hydrogens (tertiary/aromatic N) is 2. The second-order valence-electron chi connectivity index (χ2n) is 6.06. The Balaban J connectivity index is 2.23. The van der Waals surface area contributed by atoms with Crippen LogP contribution in [-0.4, -0.2) is 38.2 Å². The second-order valence-corrected chi connectivity index (χ2v) is 6.06. The quantitative estimate of drug-likeness (QED) is 0.204. The highest BCUT2D eigenvalue weighted by Gasteiger charge is 2.14. The van der Waals surface area contributed by atoms with E-state index in [0.717, 1.165) is 30.9 Å². The van der Waals surface area contributed by atoms with Crippen molar-refractivity contribution in [3.05, 3.63) is 58.5 Å². The van der Waals surface area contributed by atoms with Crippen molar-refractivity contribution < 1.29 is 23.5 Å². The Bertz CT molecular complexity index is 1070. The molecule has 0 amide bonds. The highest BCUT2D eigenvalue weighted by atomic mass is 16.6. The standard InChI is InChI=1S/C22H22N2O6/c1-4-20(25)28-9-10-29-21(26)17(14-23)12-16-11-15-7-8-18(24(5-2)6-3)13-19(15)30-22(16)27/h4,7-8,11-13H,1,5-6,9-10H2,2-3H3/b17-12-. The Morgan fingerprint density at radius 1 is 1.20 bits per heavy atom. The van der Waals surface area contributed by atoms with Crippen molar-refractivity contribution in [3.63, 3.8) is 0 Å². The van der Waals surface area contributed by atoms with E-state index >= 15 is 0 Å². The number of benzene rings is 1. The van der Waals surface area contributed by atoms with Crippen molar-refractivity contribution in [2.24, 2.45) is 0 Å². The lowest BCUT2D eigenvalue weighted by molar-refractivity contribution is -0.146. The molecule has 0 spiro atoms. The van der Waals surface area contributed by atoms with Gasteiger partial charge in [0.25, 0.3) is 0 Å². The van der Waals surface area contributed by atoms with Crippen LogP contribution in [0.2, 0.25) is 0 Å². The summed E-state index contributed by atoms with van der Waals surface area (Å²) in [5.74, 6) is -1.59. The Morgan fingerprint density at radius 2 is 1.90 bits per heavy atom. The number of hydrogen-bond acceptors (Lipinski definition) is 8. The first-order chi connectivity index (χ1) is 14.4. The van der Waals surface area contributed by atoms with Gasteiger partial charge in [0.1, 0.15) is 30.4 Å². The van der Waals surface area contributed by atoms with Crippen LogP contribution in [0.4, 0.5) is 5.69 Å². The average Bonchev–Trinajstić information content (AvgIpc) is 2.75. The monoisotopic (exact) mass is 410 g/mol. The largest absolute Gasteiger partial charge is 0.459 e. The van der Waals surface area contributed by atoms with Crippen molar-refractivity contribution in [1.29, 1.82) is 5.26 Å². The van der Waals surface area contributed by atoms with Gasteiger partial charge in [0.15, 0.2) is 0 Å². The molecule has 0 aliphatic heterocycles. The predicted octanol–water partition coefficient (Wildman–Crippen LogP) is 2.82. The van der Waals surface area contributed by atoms with Crippen LogP contribution in [0, 0.1) is 11.3 Å². The normalized spacial score (nSPS) is 10.9. The number of ether oxygens (including phenoxy) is 2. The molecule has 8 nitrogen and oxygen atoms in total. The Hall–Kier alpha value is -3.86. The summed E-state index contributed by atoms with van der Waals surface area (Å²) in [7, 11) is 0. The van der Waals surface area contributed by atoms with Gasteiger partial charge in [-0.05, 0) is 38.1 Å². The predicted molar refractivity (Wildman–Crippen MR) is 112 cm³/mol. The minimum absolute atomic E-state index is 0.0460. The first-order valence-corrected chi connectivity index (χ1v) is 9.34. The van der Waals surface area contributed by atoms with E-state index in [4.69, 9.17) is 9.15 Å². The molecule has 0 radical (unpaired) electrons. The van der Waals surface area contributed by atoms with Crippen LogP contribution in [-0.2, 0) is 19.1 Å². The third-order valence-corrected chi connectivity index (χ3v) is 4.24. The van der Waals surface area contributed by atoms with Gasteiger partial charge < -0.3 is 18.8 Å². The SMILES string of the molecule is C=CC(=O)OCCOC(=O)/C(C#N)=C\c1cc2ccc(N(CC)CC)cc2oc1=O. The molecule has 0 aliphatic carbocycles. The summed E-state index contributed by atoms with van der Waals surface area (Å²) in [6, 6.07) is 8.74. The van der Waals surface area contributed by atoms with Crippen molar-refractivity contribution in [2.45, 2.75) is 13.8 Å². The molecule has 1 aromatic heterocycles. The van der Waals surface area contributed by atoms with E-state index in [2.05, 4.69) is 16.2 Å². The van der Waals surface area contributed by atoms with Crippen molar-refractivity contribution in [3.8, 4) is 6.07 Å². The summed E-state index contributed by atoms with van der Waals surface area (Å²) < 4.78 is 14.9. The van der Waals surface area contributed by atoms with E-state index < -0.39 is 17.6 Å². The topological polar surface area (TPSA) is 110 Å². The minimum atomic E-state index is -0.941. The molecule has 0 saturated heterocycles. The van der Waals surface area contributed by atoms with Crippen molar-refractivity contribution in [2.75, 3.05) is 31.2 Å². The summed E-state index contributed by atoms with van der Waals surface area (Å²) in [6.45, 7) is 8.51. The van der Waals surface area contributed by atoms with Gasteiger partial charge in [-0.3, -0.25) is 0 Å². The molecule has 0 N–H and O–H groups in total. The molecular formula is C22H22N2O6. The number of carbonyl (C=O) groups excluding carboxylic acids is 2. The number of anilines is 1. The third-order valence-electron chi connectivity index (χ3n) is 4.24. The van der Waals surface area contributed by atoms with Gasteiger partial charge in [0, 0.05) is 36.3 Å². The molecule has 0 bridgehead atoms. The van der Waals surface area contributed by atoms with E-state index in [1.54, 1.807) is 18.2 Å². The van der Waals surface area contributed by atoms with Crippen LogP contribution in [0.25, 0.3) is 17.0 Å². The maximum absolute atomic E-state index is 12.3. The third kappa shape index (κ3) is 5.58. The van der Waals surface area contributed by atoms with Crippen LogP contribution in [0.5, 0.6) is 0 Å². The smallest absolute Gasteiger partial charge is 0.349 e. The van der Waals surface area contributed by atoms with E-state index in [1.165, 1.54) is 0 Å². The Labute approximate surface area is 173 Å². The minimum Gasteiger partial charge on any atom is -0.459 e. The lowest BCUT2D eigenvalue weighted by Gasteiger charge is -2.20. The van der Waals surface area contributed by atoms with Gasteiger partial charge in [0.2, 0.25) is 0 Å². The average molecular weight is 410 g/mol. The molecule has 8 heteroatoms. The fraction of sp³-hybridized carbons (Fsp3) is 0.273. The summed E-state index contributed by atoms with van der Waals surface area (Å²) in [5.41, 5.74) is 0.324. The first kappa shape index (κ1) is 22.4. The molecule has 2 rings (SSSR count). The van der Waals surface area contributed by atoms with Crippen LogP contribution < -0.4 is 10.5 Å². The molecule has 0 atom stereocenters. The van der Waals surface area contributed by atoms with E-state index in [0.29, 0.717) is 11.0 Å². The zero-order valence-electron chi connectivity index (χ0n) is 16.8. The summed E-state index contributed by atoms with van der Waals surface area (Å²) in [6.07, 6.45) is 2.09. The van der Waals surface area contributed by atoms with Crippen LogP contribution in [0.3, 0.4) is 0 Å². The van der Waals surface area contributed by atoms with Gasteiger partial charge in [0.05, 0.1) is 5.56 Å². The Morgan fingerprint density at radius 3 is 2.53 bits per heavy atom. The summed E-state index contributed by atoms with van der Waals surface area (Å²) >= 11 is 0. The molecule has 156 valence electrons. The van der Waals surface area contributed by atoms with Crippen LogP contribution >= 0.6 is 0 Å². The highest BCUT2D eigenvalue weighted by Crippen LogP contribution is 2.22. The number of rotatable bonds is 9. The lowest BCUT2D eigenvalue weighted by Crippen LogP contribution is -2.21. The van der Waals surface area contributed by atoms with E-state index in [1.807, 2.05) is 26.0 Å². The number of carbonyl (C=O) groups is 2. The van der Waals surface area contributed by atoms with E-state index in [9.17, 15) is 19.6 Å². The molecule has 1 aromatic carbocycles. The highest BCUT2D eigenvalue weighted by molar-refractivity contribution is 5.98. The molecule has 0 aliphatic rings. The first-order valence-electron chi connectivity index (χ1n) is 9.34. The van der Waals surface area contributed by atoms with Gasteiger partial charge in [-0.15, -0.1) is 0 Å². The molecule has 1 heterocycles. The number of esters is 2. The molecular weight excluding hydrogens is 388 g/mol. The lowest BCUT2D eigenvalue weighted by atomic mass is 10.1. The molecule has 0 unspecified atom stereocenters. The zero-order chi connectivity index (χ0) is 22.1. The molecule has 2 aromatic rings. The molecule has 30 heavy (non-hydrogen) atoms. The number of fused-ring (bicyclic) bond motifs is 1. The van der Waals surface area contributed by atoms with Crippen LogP contribution in [0.1, 0.15) is 19.4 Å². The van der Waals surface area contributed by atoms with Crippen molar-refractivity contribution in [1.82, 2.24) is 0 Å². The zero-order valence-corrected chi connectivity index (χ0v) is 16.8. The summed E-state index contributed by atoms with van der Waals surface area (Å²) in [4.78, 5) is 37.4. The van der Waals surface area contributed by atoms with Gasteiger partial charge in [-0.2, -0.15) is 5.26 Å². The molecule has 0 fully saturated rings. The fourth-order valence-electron chi connectivity index (χ4n) is 2.71. The van der Waals surface area contributed by atoms with Gasteiger partial charge >= 0.3 is 17.6 Å². The maximum atomic E-state index is 12.3. The van der Waals surface area contributed by atoms with Gasteiger partial charge in [-0.1, -0.05) is 6.58 Å². The number of nitriles is 1. The molecule has 0 saturated carbocycles. The summed E-state index contributed by atoms with van der Waals surface area (Å²) in [5, 5.41) is 9.89. The second kappa shape index (κ2) is 10.6. The maximum Gasteiger partial charge on any atom is 0.349 e. The van der Waals surface area contributed by atoms with Crippen molar-refractivity contribution >= 4 is 34.7 Å². The number of hydrogen-bond donors (Lipinski definition) is 0. The van der Waals surface area contributed by atoms with Crippen LogP contribution in [0.15, 0.2) is 51.7 Å².